The van der Waals surface area contributed by atoms with Gasteiger partial charge in [0.2, 0.25) is 0 Å². The van der Waals surface area contributed by atoms with Crippen LogP contribution in [0.4, 0.5) is 0 Å². The summed E-state index contributed by atoms with van der Waals surface area (Å²) in [5, 5.41) is 9.80. The summed E-state index contributed by atoms with van der Waals surface area (Å²) in [4.78, 5) is 18.1. The second-order valence-corrected chi connectivity index (χ2v) is 3.44. The van der Waals surface area contributed by atoms with Gasteiger partial charge in [-0.15, -0.1) is 0 Å². The molecule has 2 N–H and O–H groups in total. The second-order valence-electron chi connectivity index (χ2n) is 3.44. The molecule has 82 valence electrons. The van der Waals surface area contributed by atoms with E-state index < -0.39 is 0 Å². The number of aromatic amines is 1. The van der Waals surface area contributed by atoms with Gasteiger partial charge >= 0.3 is 0 Å². The number of nitrogens with zero attached hydrogens (tertiary/aromatic N) is 1. The van der Waals surface area contributed by atoms with Crippen molar-refractivity contribution in [2.75, 3.05) is 0 Å². The van der Waals surface area contributed by atoms with Crippen LogP contribution in [0.3, 0.4) is 0 Å². The molecule has 2 aromatic rings. The minimum Gasteiger partial charge on any atom is -0.507 e. The van der Waals surface area contributed by atoms with Crippen LogP contribution in [0.1, 0.15) is 12.6 Å². The normalized spacial score (nSPS) is 10.3. The Kier molecular flexibility index (Phi) is 2.72. The summed E-state index contributed by atoms with van der Waals surface area (Å²) in [5.41, 5.74) is 1.66. The first-order valence-electron chi connectivity index (χ1n) is 5.09. The zero-order valence-electron chi connectivity index (χ0n) is 8.90. The number of aryl methyl sites for hydroxylation is 1. The zero-order valence-corrected chi connectivity index (χ0v) is 8.90. The predicted octanol–water partition coefficient (Wildman–Crippen LogP) is 1.70. The molecule has 2 aromatic heterocycles. The average Bonchev–Trinajstić information content (AvgIpc) is 2.29. The monoisotopic (exact) mass is 216 g/mol. The molecular formula is C12H12N2O2. The highest BCUT2D eigenvalue weighted by Crippen LogP contribution is 2.28. The van der Waals surface area contributed by atoms with E-state index in [0.717, 1.165) is 0 Å². The van der Waals surface area contributed by atoms with Crippen LogP contribution in [0, 0.1) is 0 Å². The van der Waals surface area contributed by atoms with Gasteiger partial charge in [0, 0.05) is 18.0 Å². The number of aromatic hydroxyl groups is 1. The van der Waals surface area contributed by atoms with Crippen molar-refractivity contribution in [3.05, 3.63) is 46.5 Å². The average molecular weight is 216 g/mol. The Balaban J connectivity index is 2.69. The Hall–Kier alpha value is -2.10. The fourth-order valence-electron chi connectivity index (χ4n) is 1.66. The highest BCUT2D eigenvalue weighted by atomic mass is 16.3. The molecule has 4 nitrogen and oxygen atoms in total. The minimum atomic E-state index is -0.297. The SMILES string of the molecule is CCc1[nH]c(=O)cc(O)c1-c1ccccn1. The van der Waals surface area contributed by atoms with Gasteiger partial charge in [0.15, 0.2) is 0 Å². The van der Waals surface area contributed by atoms with E-state index in [-0.39, 0.29) is 11.3 Å². The lowest BCUT2D eigenvalue weighted by molar-refractivity contribution is 0.474. The molecule has 4 heteroatoms. The van der Waals surface area contributed by atoms with Gasteiger partial charge in [-0.05, 0) is 18.6 Å². The summed E-state index contributed by atoms with van der Waals surface area (Å²) in [5.74, 6) is -0.0284. The Labute approximate surface area is 92.6 Å². The standard InChI is InChI=1S/C12H12N2O2/c1-2-8-12(9-5-3-4-6-13-9)10(15)7-11(16)14-8/h3-7H,2H2,1H3,(H2,14,15,16). The van der Waals surface area contributed by atoms with Gasteiger partial charge in [0.05, 0.1) is 11.3 Å². The Morgan fingerprint density at radius 2 is 2.25 bits per heavy atom. The van der Waals surface area contributed by atoms with Gasteiger partial charge in [-0.1, -0.05) is 13.0 Å². The Bertz CT molecular complexity index is 547. The first kappa shape index (κ1) is 10.4. The smallest absolute Gasteiger partial charge is 0.251 e. The summed E-state index contributed by atoms with van der Waals surface area (Å²) >= 11 is 0. The number of rotatable bonds is 2. The predicted molar refractivity (Wildman–Crippen MR) is 61.3 cm³/mol. The molecule has 16 heavy (non-hydrogen) atoms. The van der Waals surface area contributed by atoms with Crippen LogP contribution in [0.25, 0.3) is 11.3 Å². The molecule has 2 rings (SSSR count). The van der Waals surface area contributed by atoms with E-state index in [4.69, 9.17) is 0 Å². The van der Waals surface area contributed by atoms with E-state index in [0.29, 0.717) is 23.4 Å². The maximum absolute atomic E-state index is 11.2. The number of aromatic nitrogens is 2. The van der Waals surface area contributed by atoms with E-state index in [1.165, 1.54) is 6.07 Å². The summed E-state index contributed by atoms with van der Waals surface area (Å²) in [6.07, 6.45) is 2.29. The summed E-state index contributed by atoms with van der Waals surface area (Å²) < 4.78 is 0. The fourth-order valence-corrected chi connectivity index (χ4v) is 1.66. The van der Waals surface area contributed by atoms with Gasteiger partial charge in [0.1, 0.15) is 5.75 Å². The minimum absolute atomic E-state index is 0.0284. The number of hydrogen-bond acceptors (Lipinski definition) is 3. The van der Waals surface area contributed by atoms with Crippen molar-refractivity contribution in [1.82, 2.24) is 9.97 Å². The second kappa shape index (κ2) is 4.18. The molecule has 0 unspecified atom stereocenters. The van der Waals surface area contributed by atoms with E-state index >= 15 is 0 Å². The third kappa shape index (κ3) is 1.82. The van der Waals surface area contributed by atoms with Crippen LogP contribution in [0.5, 0.6) is 5.75 Å². The largest absolute Gasteiger partial charge is 0.507 e. The molecule has 0 atom stereocenters. The molecule has 0 amide bonds. The summed E-state index contributed by atoms with van der Waals surface area (Å²) in [7, 11) is 0. The molecule has 0 saturated carbocycles. The molecule has 0 saturated heterocycles. The first-order valence-corrected chi connectivity index (χ1v) is 5.09. The van der Waals surface area contributed by atoms with Crippen molar-refractivity contribution >= 4 is 0 Å². The van der Waals surface area contributed by atoms with Gasteiger partial charge in [0.25, 0.3) is 5.56 Å². The van der Waals surface area contributed by atoms with Gasteiger partial charge in [-0.2, -0.15) is 0 Å². The van der Waals surface area contributed by atoms with E-state index in [1.54, 1.807) is 18.3 Å². The van der Waals surface area contributed by atoms with E-state index in [2.05, 4.69) is 9.97 Å². The highest BCUT2D eigenvalue weighted by Gasteiger charge is 2.11. The molecule has 0 spiro atoms. The molecule has 0 aliphatic carbocycles. The van der Waals surface area contributed by atoms with Crippen molar-refractivity contribution in [2.24, 2.45) is 0 Å². The number of nitrogens with one attached hydrogen (secondary N) is 1. The van der Waals surface area contributed by atoms with Crippen molar-refractivity contribution < 1.29 is 5.11 Å². The molecule has 0 aliphatic rings. The van der Waals surface area contributed by atoms with Crippen LogP contribution >= 0.6 is 0 Å². The van der Waals surface area contributed by atoms with Gasteiger partial charge in [-0.3, -0.25) is 9.78 Å². The molecular weight excluding hydrogens is 204 g/mol. The summed E-state index contributed by atoms with van der Waals surface area (Å²) in [6.45, 7) is 1.91. The molecule has 0 radical (unpaired) electrons. The highest BCUT2D eigenvalue weighted by molar-refractivity contribution is 5.68. The lowest BCUT2D eigenvalue weighted by atomic mass is 10.1. The molecule has 0 aromatic carbocycles. The Morgan fingerprint density at radius 3 is 2.88 bits per heavy atom. The van der Waals surface area contributed by atoms with Crippen LogP contribution in [0.2, 0.25) is 0 Å². The topological polar surface area (TPSA) is 66.0 Å². The fraction of sp³-hybridized carbons (Fsp3) is 0.167. The van der Waals surface area contributed by atoms with Gasteiger partial charge in [-0.25, -0.2) is 0 Å². The Morgan fingerprint density at radius 1 is 1.44 bits per heavy atom. The van der Waals surface area contributed by atoms with Crippen molar-refractivity contribution in [3.63, 3.8) is 0 Å². The number of H-pyrrole nitrogens is 1. The molecule has 0 aliphatic heterocycles. The van der Waals surface area contributed by atoms with Crippen LogP contribution < -0.4 is 5.56 Å². The van der Waals surface area contributed by atoms with Crippen molar-refractivity contribution in [3.8, 4) is 17.0 Å². The van der Waals surface area contributed by atoms with Crippen molar-refractivity contribution in [2.45, 2.75) is 13.3 Å². The van der Waals surface area contributed by atoms with E-state index in [1.807, 2.05) is 13.0 Å². The first-order chi connectivity index (χ1) is 7.72. The summed E-state index contributed by atoms with van der Waals surface area (Å²) in [6, 6.07) is 6.61. The third-order valence-electron chi connectivity index (χ3n) is 2.37. The van der Waals surface area contributed by atoms with Crippen molar-refractivity contribution in [1.29, 1.82) is 0 Å². The maximum atomic E-state index is 11.2. The lowest BCUT2D eigenvalue weighted by Crippen LogP contribution is -2.08. The zero-order chi connectivity index (χ0) is 11.5. The third-order valence-corrected chi connectivity index (χ3v) is 2.37. The molecule has 0 fully saturated rings. The number of pyridine rings is 2. The van der Waals surface area contributed by atoms with Crippen LogP contribution in [-0.2, 0) is 6.42 Å². The lowest BCUT2D eigenvalue weighted by Gasteiger charge is -2.08. The quantitative estimate of drug-likeness (QED) is 0.803. The molecule has 0 bridgehead atoms. The number of hydrogen-bond donors (Lipinski definition) is 2. The maximum Gasteiger partial charge on any atom is 0.251 e. The van der Waals surface area contributed by atoms with Crippen LogP contribution in [0.15, 0.2) is 35.3 Å². The van der Waals surface area contributed by atoms with Crippen LogP contribution in [-0.4, -0.2) is 15.1 Å². The van der Waals surface area contributed by atoms with Gasteiger partial charge < -0.3 is 10.1 Å². The molecule has 2 heterocycles. The van der Waals surface area contributed by atoms with E-state index in [9.17, 15) is 9.90 Å².